The number of likely N-dealkylation sites (tertiary alicyclic amines) is 1. The molecule has 0 spiro atoms. The summed E-state index contributed by atoms with van der Waals surface area (Å²) in [6.45, 7) is 10.1. The Hall–Kier alpha value is -1.14. The predicted molar refractivity (Wildman–Crippen MR) is 84.3 cm³/mol. The molecule has 2 rings (SSSR count). The molecule has 0 aromatic rings. The summed E-state index contributed by atoms with van der Waals surface area (Å²) in [7, 11) is 0. The number of nitrogens with zero attached hydrogens (tertiary/aromatic N) is 3. The fourth-order valence-electron chi connectivity index (χ4n) is 3.45. The summed E-state index contributed by atoms with van der Waals surface area (Å²) in [6, 6.07) is -0.321. The van der Waals surface area contributed by atoms with Crippen LogP contribution in [0.5, 0.6) is 0 Å². The van der Waals surface area contributed by atoms with Gasteiger partial charge in [-0.3, -0.25) is 14.5 Å². The molecule has 2 aliphatic rings. The second-order valence-electron chi connectivity index (χ2n) is 6.85. The maximum absolute atomic E-state index is 12.9. The van der Waals surface area contributed by atoms with Gasteiger partial charge in [-0.1, -0.05) is 13.8 Å². The Morgan fingerprint density at radius 2 is 1.77 bits per heavy atom. The standard InChI is InChI=1S/C16H29N3O3/c1-12(2)15(19-6-4-5-14(19)21)16(22)18-9-7-17(8-10-18)11-13(3)20/h12-13,15,20H,4-11H2,1-3H3. The number of hydrogen-bond donors (Lipinski definition) is 1. The van der Waals surface area contributed by atoms with E-state index in [1.807, 2.05) is 18.7 Å². The van der Waals surface area contributed by atoms with Crippen molar-refractivity contribution in [3.8, 4) is 0 Å². The molecule has 6 heteroatoms. The molecule has 6 nitrogen and oxygen atoms in total. The number of carbonyl (C=O) groups excluding carboxylic acids is 2. The molecule has 1 N–H and O–H groups in total. The number of piperazine rings is 1. The largest absolute Gasteiger partial charge is 0.392 e. The summed E-state index contributed by atoms with van der Waals surface area (Å²) >= 11 is 0. The van der Waals surface area contributed by atoms with Gasteiger partial charge in [0.2, 0.25) is 11.8 Å². The van der Waals surface area contributed by atoms with Crippen LogP contribution in [-0.2, 0) is 9.59 Å². The van der Waals surface area contributed by atoms with E-state index in [9.17, 15) is 14.7 Å². The fraction of sp³-hybridized carbons (Fsp3) is 0.875. The molecule has 2 heterocycles. The van der Waals surface area contributed by atoms with Crippen molar-refractivity contribution < 1.29 is 14.7 Å². The summed E-state index contributed by atoms with van der Waals surface area (Å²) in [5.74, 6) is 0.326. The minimum atomic E-state index is -0.340. The molecule has 0 radical (unpaired) electrons. The Morgan fingerprint density at radius 3 is 2.23 bits per heavy atom. The summed E-state index contributed by atoms with van der Waals surface area (Å²) < 4.78 is 0. The first-order valence-electron chi connectivity index (χ1n) is 8.39. The lowest BCUT2D eigenvalue weighted by molar-refractivity contribution is -0.146. The van der Waals surface area contributed by atoms with E-state index in [1.165, 1.54) is 0 Å². The molecule has 2 fully saturated rings. The third-order valence-electron chi connectivity index (χ3n) is 4.54. The first kappa shape index (κ1) is 17.2. The zero-order valence-corrected chi connectivity index (χ0v) is 14.0. The van der Waals surface area contributed by atoms with Gasteiger partial charge in [-0.15, -0.1) is 0 Å². The normalized spacial score (nSPS) is 23.2. The third-order valence-corrected chi connectivity index (χ3v) is 4.54. The summed E-state index contributed by atoms with van der Waals surface area (Å²) in [5, 5.41) is 9.45. The van der Waals surface area contributed by atoms with Gasteiger partial charge < -0.3 is 14.9 Å². The highest BCUT2D eigenvalue weighted by molar-refractivity contribution is 5.89. The molecular formula is C16H29N3O3. The number of β-amino-alcohol motifs (C(OH)–C–C–N with tert-alkyl or cyclic N) is 1. The number of carbonyl (C=O) groups is 2. The van der Waals surface area contributed by atoms with Crippen LogP contribution in [0.15, 0.2) is 0 Å². The molecule has 0 aliphatic carbocycles. The van der Waals surface area contributed by atoms with Gasteiger partial charge in [0.25, 0.3) is 0 Å². The van der Waals surface area contributed by atoms with Crippen molar-refractivity contribution in [3.63, 3.8) is 0 Å². The number of rotatable bonds is 5. The smallest absolute Gasteiger partial charge is 0.245 e. The molecule has 2 unspecified atom stereocenters. The topological polar surface area (TPSA) is 64.1 Å². The number of aliphatic hydroxyl groups is 1. The average molecular weight is 311 g/mol. The van der Waals surface area contributed by atoms with Crippen LogP contribution in [0.25, 0.3) is 0 Å². The van der Waals surface area contributed by atoms with Crippen molar-refractivity contribution in [2.75, 3.05) is 39.3 Å². The van der Waals surface area contributed by atoms with Gasteiger partial charge in [0.15, 0.2) is 0 Å². The van der Waals surface area contributed by atoms with Crippen LogP contribution in [0, 0.1) is 5.92 Å². The van der Waals surface area contributed by atoms with Crippen LogP contribution in [0.3, 0.4) is 0 Å². The minimum Gasteiger partial charge on any atom is -0.392 e. The minimum absolute atomic E-state index is 0.0851. The van der Waals surface area contributed by atoms with Crippen LogP contribution in [0.2, 0.25) is 0 Å². The molecule has 2 aliphatic heterocycles. The molecule has 2 saturated heterocycles. The van der Waals surface area contributed by atoms with Gasteiger partial charge in [-0.25, -0.2) is 0 Å². The molecule has 0 bridgehead atoms. The Kier molecular flexibility index (Phi) is 5.81. The first-order valence-corrected chi connectivity index (χ1v) is 8.39. The van der Waals surface area contributed by atoms with E-state index in [1.54, 1.807) is 11.8 Å². The van der Waals surface area contributed by atoms with Crippen molar-refractivity contribution in [1.29, 1.82) is 0 Å². The lowest BCUT2D eigenvalue weighted by atomic mass is 10.0. The molecule has 126 valence electrons. The van der Waals surface area contributed by atoms with Crippen molar-refractivity contribution >= 4 is 11.8 Å². The van der Waals surface area contributed by atoms with E-state index < -0.39 is 0 Å². The fourth-order valence-corrected chi connectivity index (χ4v) is 3.45. The number of hydrogen-bond acceptors (Lipinski definition) is 4. The van der Waals surface area contributed by atoms with E-state index in [4.69, 9.17) is 0 Å². The second kappa shape index (κ2) is 7.42. The maximum Gasteiger partial charge on any atom is 0.245 e. The van der Waals surface area contributed by atoms with Crippen molar-refractivity contribution in [2.24, 2.45) is 5.92 Å². The second-order valence-corrected chi connectivity index (χ2v) is 6.85. The predicted octanol–water partition coefficient (Wildman–Crippen LogP) is 0.158. The van der Waals surface area contributed by atoms with Gasteiger partial charge in [-0.2, -0.15) is 0 Å². The first-order chi connectivity index (χ1) is 10.4. The van der Waals surface area contributed by atoms with Crippen LogP contribution in [0.1, 0.15) is 33.6 Å². The van der Waals surface area contributed by atoms with Crippen molar-refractivity contribution in [2.45, 2.75) is 45.8 Å². The van der Waals surface area contributed by atoms with E-state index in [0.717, 1.165) is 19.5 Å². The SMILES string of the molecule is CC(O)CN1CCN(C(=O)C(C(C)C)N2CCCC2=O)CC1. The molecule has 0 saturated carbocycles. The van der Waals surface area contributed by atoms with E-state index in [-0.39, 0.29) is 29.9 Å². The maximum atomic E-state index is 12.9. The Labute approximate surface area is 133 Å². The van der Waals surface area contributed by atoms with Gasteiger partial charge in [-0.05, 0) is 19.3 Å². The monoisotopic (exact) mass is 311 g/mol. The number of aliphatic hydroxyl groups excluding tert-OH is 1. The summed E-state index contributed by atoms with van der Waals surface area (Å²) in [4.78, 5) is 30.7. The Bertz CT molecular complexity index is 403. The lowest BCUT2D eigenvalue weighted by Gasteiger charge is -2.39. The lowest BCUT2D eigenvalue weighted by Crippen LogP contribution is -2.57. The van der Waals surface area contributed by atoms with E-state index >= 15 is 0 Å². The van der Waals surface area contributed by atoms with Crippen LogP contribution < -0.4 is 0 Å². The van der Waals surface area contributed by atoms with Crippen molar-refractivity contribution in [3.05, 3.63) is 0 Å². The zero-order chi connectivity index (χ0) is 16.3. The van der Waals surface area contributed by atoms with Gasteiger partial charge in [0, 0.05) is 45.7 Å². The molecule has 0 aromatic carbocycles. The molecule has 2 atom stereocenters. The average Bonchev–Trinajstić information content (AvgIpc) is 2.85. The zero-order valence-electron chi connectivity index (χ0n) is 14.0. The number of amides is 2. The highest BCUT2D eigenvalue weighted by Crippen LogP contribution is 2.21. The van der Waals surface area contributed by atoms with Gasteiger partial charge in [0.1, 0.15) is 6.04 Å². The third kappa shape index (κ3) is 3.98. The molecule has 2 amide bonds. The Morgan fingerprint density at radius 1 is 1.14 bits per heavy atom. The van der Waals surface area contributed by atoms with Gasteiger partial charge in [0.05, 0.1) is 6.10 Å². The molecule has 0 aromatic heterocycles. The highest BCUT2D eigenvalue weighted by atomic mass is 16.3. The van der Waals surface area contributed by atoms with Crippen LogP contribution in [0.4, 0.5) is 0 Å². The summed E-state index contributed by atoms with van der Waals surface area (Å²) in [6.07, 6.45) is 1.09. The molecular weight excluding hydrogens is 282 g/mol. The molecule has 22 heavy (non-hydrogen) atoms. The van der Waals surface area contributed by atoms with E-state index in [2.05, 4.69) is 4.90 Å². The highest BCUT2D eigenvalue weighted by Gasteiger charge is 2.37. The summed E-state index contributed by atoms with van der Waals surface area (Å²) in [5.41, 5.74) is 0. The van der Waals surface area contributed by atoms with Crippen molar-refractivity contribution in [1.82, 2.24) is 14.7 Å². The quantitative estimate of drug-likeness (QED) is 0.785. The van der Waals surface area contributed by atoms with Gasteiger partial charge >= 0.3 is 0 Å². The van der Waals surface area contributed by atoms with E-state index in [0.29, 0.717) is 32.6 Å². The Balaban J connectivity index is 1.96. The van der Waals surface area contributed by atoms with Crippen LogP contribution >= 0.6 is 0 Å². The van der Waals surface area contributed by atoms with Crippen LogP contribution in [-0.4, -0.2) is 83.0 Å².